The molecule has 0 saturated heterocycles. The highest BCUT2D eigenvalue weighted by molar-refractivity contribution is 5.94. The maximum atomic E-state index is 12.9. The van der Waals surface area contributed by atoms with Crippen LogP contribution < -0.4 is 11.1 Å². The van der Waals surface area contributed by atoms with Crippen molar-refractivity contribution in [2.45, 2.75) is 6.54 Å². The Morgan fingerprint density at radius 2 is 2.29 bits per heavy atom. The fourth-order valence-electron chi connectivity index (χ4n) is 1.35. The summed E-state index contributed by atoms with van der Waals surface area (Å²) in [6, 6.07) is 5.60. The van der Waals surface area contributed by atoms with Gasteiger partial charge >= 0.3 is 0 Å². The first-order valence-corrected chi connectivity index (χ1v) is 4.98. The highest BCUT2D eigenvalue weighted by atomic mass is 19.1. The molecule has 2 rings (SSSR count). The monoisotopic (exact) mass is 234 g/mol. The number of hydrogen-bond donors (Lipinski definition) is 3. The van der Waals surface area contributed by atoms with Gasteiger partial charge in [0.15, 0.2) is 0 Å². The predicted molar refractivity (Wildman–Crippen MR) is 60.6 cm³/mol. The lowest BCUT2D eigenvalue weighted by Crippen LogP contribution is -2.23. The Morgan fingerprint density at radius 1 is 1.47 bits per heavy atom. The average Bonchev–Trinajstić information content (AvgIpc) is 2.82. The molecule has 88 valence electrons. The van der Waals surface area contributed by atoms with E-state index in [1.807, 2.05) is 0 Å². The van der Waals surface area contributed by atoms with Crippen LogP contribution in [0.3, 0.4) is 0 Å². The van der Waals surface area contributed by atoms with Crippen molar-refractivity contribution in [3.05, 3.63) is 47.5 Å². The van der Waals surface area contributed by atoms with Crippen molar-refractivity contribution in [3.63, 3.8) is 0 Å². The molecular formula is C11H11FN4O. The van der Waals surface area contributed by atoms with Gasteiger partial charge in [0, 0.05) is 11.8 Å². The average molecular weight is 234 g/mol. The van der Waals surface area contributed by atoms with Crippen LogP contribution in [0, 0.1) is 5.82 Å². The second-order valence-electron chi connectivity index (χ2n) is 3.50. The van der Waals surface area contributed by atoms with Crippen LogP contribution in [0.15, 0.2) is 30.5 Å². The number of amides is 1. The van der Waals surface area contributed by atoms with Gasteiger partial charge in [0.25, 0.3) is 5.91 Å². The number of aromatic amines is 1. The van der Waals surface area contributed by atoms with Crippen LogP contribution in [0.4, 0.5) is 10.1 Å². The molecule has 1 heterocycles. The molecule has 0 bridgehead atoms. The Morgan fingerprint density at radius 3 is 2.94 bits per heavy atom. The quantitative estimate of drug-likeness (QED) is 0.694. The van der Waals surface area contributed by atoms with Gasteiger partial charge in [-0.3, -0.25) is 9.89 Å². The van der Waals surface area contributed by atoms with Gasteiger partial charge in [0.1, 0.15) is 5.82 Å². The number of benzene rings is 1. The second kappa shape index (κ2) is 4.65. The highest BCUT2D eigenvalue weighted by Gasteiger charge is 2.07. The number of nitrogens with one attached hydrogen (secondary N) is 2. The minimum absolute atomic E-state index is 0.0424. The largest absolute Gasteiger partial charge is 0.396 e. The van der Waals surface area contributed by atoms with Gasteiger partial charge in [-0.15, -0.1) is 0 Å². The number of H-pyrrole nitrogens is 1. The van der Waals surface area contributed by atoms with Gasteiger partial charge in [-0.1, -0.05) is 0 Å². The molecular weight excluding hydrogens is 223 g/mol. The van der Waals surface area contributed by atoms with Crippen molar-refractivity contribution in [1.82, 2.24) is 15.5 Å². The number of anilines is 1. The zero-order valence-electron chi connectivity index (χ0n) is 8.90. The van der Waals surface area contributed by atoms with Crippen molar-refractivity contribution in [2.24, 2.45) is 0 Å². The van der Waals surface area contributed by atoms with Crippen molar-refractivity contribution >= 4 is 11.6 Å². The molecule has 0 spiro atoms. The van der Waals surface area contributed by atoms with Gasteiger partial charge < -0.3 is 11.1 Å². The summed E-state index contributed by atoms with van der Waals surface area (Å²) in [6.45, 7) is 0.329. The number of hydrogen-bond acceptors (Lipinski definition) is 3. The van der Waals surface area contributed by atoms with Crippen LogP contribution in [-0.4, -0.2) is 16.1 Å². The molecule has 0 atom stereocenters. The molecule has 2 aromatic rings. The lowest BCUT2D eigenvalue weighted by molar-refractivity contribution is 0.0950. The normalized spacial score (nSPS) is 10.2. The first-order chi connectivity index (χ1) is 8.16. The van der Waals surface area contributed by atoms with E-state index < -0.39 is 5.82 Å². The van der Waals surface area contributed by atoms with E-state index in [0.717, 1.165) is 5.69 Å². The fourth-order valence-corrected chi connectivity index (χ4v) is 1.35. The third-order valence-corrected chi connectivity index (χ3v) is 2.26. The van der Waals surface area contributed by atoms with E-state index in [9.17, 15) is 9.18 Å². The third-order valence-electron chi connectivity index (χ3n) is 2.26. The van der Waals surface area contributed by atoms with Gasteiger partial charge in [-0.05, 0) is 24.3 Å². The number of carbonyl (C=O) groups is 1. The van der Waals surface area contributed by atoms with Crippen LogP contribution in [0.5, 0.6) is 0 Å². The SMILES string of the molecule is Nc1cc(C(=O)NCc2ccn[nH]2)ccc1F. The number of nitrogen functional groups attached to an aromatic ring is 1. The standard InChI is InChI=1S/C11H11FN4O/c12-9-2-1-7(5-10(9)13)11(17)14-6-8-3-4-15-16-8/h1-5H,6,13H2,(H,14,17)(H,15,16). The van der Waals surface area contributed by atoms with Crippen molar-refractivity contribution < 1.29 is 9.18 Å². The third kappa shape index (κ3) is 2.60. The van der Waals surface area contributed by atoms with Crippen LogP contribution in [-0.2, 0) is 6.54 Å². The molecule has 1 aromatic heterocycles. The summed E-state index contributed by atoms with van der Waals surface area (Å²) in [6.07, 6.45) is 1.59. The number of carbonyl (C=O) groups excluding carboxylic acids is 1. The van der Waals surface area contributed by atoms with Gasteiger partial charge in [0.2, 0.25) is 0 Å². The van der Waals surface area contributed by atoms with Crippen LogP contribution in [0.1, 0.15) is 16.1 Å². The maximum absolute atomic E-state index is 12.9. The van der Waals surface area contributed by atoms with Crippen molar-refractivity contribution in [1.29, 1.82) is 0 Å². The molecule has 17 heavy (non-hydrogen) atoms. The molecule has 0 fully saturated rings. The van der Waals surface area contributed by atoms with E-state index in [1.54, 1.807) is 12.3 Å². The molecule has 1 aromatic carbocycles. The van der Waals surface area contributed by atoms with E-state index in [1.165, 1.54) is 18.2 Å². The summed E-state index contributed by atoms with van der Waals surface area (Å²) >= 11 is 0. The molecule has 6 heteroatoms. The molecule has 4 N–H and O–H groups in total. The summed E-state index contributed by atoms with van der Waals surface area (Å²) in [5.41, 5.74) is 6.44. The molecule has 0 aliphatic rings. The van der Waals surface area contributed by atoms with E-state index in [2.05, 4.69) is 15.5 Å². The predicted octanol–water partition coefficient (Wildman–Crippen LogP) is 1.06. The minimum Gasteiger partial charge on any atom is -0.396 e. The number of rotatable bonds is 3. The Hall–Kier alpha value is -2.37. The topological polar surface area (TPSA) is 83.8 Å². The lowest BCUT2D eigenvalue weighted by Gasteiger charge is -2.04. The molecule has 0 unspecified atom stereocenters. The molecule has 1 amide bonds. The van der Waals surface area contributed by atoms with Gasteiger partial charge in [-0.2, -0.15) is 5.10 Å². The van der Waals surface area contributed by atoms with Crippen LogP contribution in [0.2, 0.25) is 0 Å². The summed E-state index contributed by atoms with van der Waals surface area (Å²) in [5.74, 6) is -0.846. The molecule has 0 aliphatic carbocycles. The first-order valence-electron chi connectivity index (χ1n) is 4.98. The second-order valence-corrected chi connectivity index (χ2v) is 3.50. The number of aromatic nitrogens is 2. The fraction of sp³-hybridized carbons (Fsp3) is 0.0909. The first kappa shape index (κ1) is 11.1. The summed E-state index contributed by atoms with van der Waals surface area (Å²) in [5, 5.41) is 9.13. The number of nitrogens with two attached hydrogens (primary N) is 1. The zero-order chi connectivity index (χ0) is 12.3. The Labute approximate surface area is 96.8 Å². The lowest BCUT2D eigenvalue weighted by atomic mass is 10.2. The molecule has 0 saturated carbocycles. The zero-order valence-corrected chi connectivity index (χ0v) is 8.90. The Balaban J connectivity index is 2.02. The van der Waals surface area contributed by atoms with Crippen LogP contribution >= 0.6 is 0 Å². The van der Waals surface area contributed by atoms with E-state index in [-0.39, 0.29) is 11.6 Å². The summed E-state index contributed by atoms with van der Waals surface area (Å²) < 4.78 is 12.9. The van der Waals surface area contributed by atoms with Gasteiger partial charge in [-0.25, -0.2) is 4.39 Å². The van der Waals surface area contributed by atoms with Crippen molar-refractivity contribution in [2.75, 3.05) is 5.73 Å². The highest BCUT2D eigenvalue weighted by Crippen LogP contribution is 2.12. The van der Waals surface area contributed by atoms with E-state index >= 15 is 0 Å². The van der Waals surface area contributed by atoms with E-state index in [0.29, 0.717) is 12.1 Å². The summed E-state index contributed by atoms with van der Waals surface area (Å²) in [7, 11) is 0. The number of halogens is 1. The van der Waals surface area contributed by atoms with E-state index in [4.69, 9.17) is 5.73 Å². The Bertz CT molecular complexity index is 524. The molecule has 5 nitrogen and oxygen atoms in total. The van der Waals surface area contributed by atoms with Crippen LogP contribution in [0.25, 0.3) is 0 Å². The molecule has 0 aliphatic heterocycles. The van der Waals surface area contributed by atoms with Gasteiger partial charge in [0.05, 0.1) is 17.9 Å². The maximum Gasteiger partial charge on any atom is 0.251 e. The summed E-state index contributed by atoms with van der Waals surface area (Å²) in [4.78, 5) is 11.7. The Kier molecular flexibility index (Phi) is 3.04. The van der Waals surface area contributed by atoms with Crippen molar-refractivity contribution in [3.8, 4) is 0 Å². The smallest absolute Gasteiger partial charge is 0.251 e. The number of nitrogens with zero attached hydrogens (tertiary/aromatic N) is 1. The molecule has 0 radical (unpaired) electrons. The minimum atomic E-state index is -0.532.